The summed E-state index contributed by atoms with van der Waals surface area (Å²) in [5.74, 6) is 0.692. The van der Waals surface area contributed by atoms with Gasteiger partial charge in [0.25, 0.3) is 0 Å². The molecule has 0 aliphatic carbocycles. The Morgan fingerprint density at radius 2 is 2.19 bits per heavy atom. The zero-order valence-corrected chi connectivity index (χ0v) is 11.7. The number of hydrogen-bond donors (Lipinski definition) is 1. The van der Waals surface area contributed by atoms with Gasteiger partial charge in [-0.25, -0.2) is 14.4 Å². The highest BCUT2D eigenvalue weighted by Gasteiger charge is 2.09. The summed E-state index contributed by atoms with van der Waals surface area (Å²) in [6.07, 6.45) is 5.08. The quantitative estimate of drug-likeness (QED) is 0.783. The molecular weight excluding hydrogens is 269 g/mol. The molecule has 0 fully saturated rings. The van der Waals surface area contributed by atoms with Crippen molar-refractivity contribution in [3.8, 4) is 0 Å². The maximum absolute atomic E-state index is 13.7. The first kappa shape index (κ1) is 13.5. The Morgan fingerprint density at radius 3 is 3.00 bits per heavy atom. The molecule has 2 aromatic heterocycles. The standard InChI is InChI=1S/C15H16FN5/c1-11(9-21-7-3-6-20-21)8-17-15-12-4-2-5-13(16)14(12)18-10-19-15/h2-7,10-11H,8-9H2,1H3,(H,17,18,19). The van der Waals surface area contributed by atoms with E-state index in [1.54, 1.807) is 12.3 Å². The summed E-state index contributed by atoms with van der Waals surface area (Å²) in [5.41, 5.74) is 0.342. The SMILES string of the molecule is CC(CNc1ncnc2c(F)cccc12)Cn1cccn1. The van der Waals surface area contributed by atoms with E-state index >= 15 is 0 Å². The van der Waals surface area contributed by atoms with Gasteiger partial charge in [0.15, 0.2) is 0 Å². The Hall–Kier alpha value is -2.50. The van der Waals surface area contributed by atoms with Crippen molar-refractivity contribution in [2.45, 2.75) is 13.5 Å². The van der Waals surface area contributed by atoms with Crippen LogP contribution in [0.15, 0.2) is 43.0 Å². The number of fused-ring (bicyclic) bond motifs is 1. The van der Waals surface area contributed by atoms with Crippen LogP contribution in [0.1, 0.15) is 6.92 Å². The molecule has 0 saturated heterocycles. The Balaban J connectivity index is 1.72. The summed E-state index contributed by atoms with van der Waals surface area (Å²) in [6, 6.07) is 6.79. The second-order valence-corrected chi connectivity index (χ2v) is 5.07. The van der Waals surface area contributed by atoms with Crippen molar-refractivity contribution < 1.29 is 4.39 Å². The molecule has 6 heteroatoms. The summed E-state index contributed by atoms with van der Waals surface area (Å²) < 4.78 is 15.6. The van der Waals surface area contributed by atoms with E-state index in [1.165, 1.54) is 12.4 Å². The average molecular weight is 285 g/mol. The van der Waals surface area contributed by atoms with E-state index in [0.29, 0.717) is 22.6 Å². The van der Waals surface area contributed by atoms with Crippen LogP contribution in [0.4, 0.5) is 10.2 Å². The number of rotatable bonds is 5. The van der Waals surface area contributed by atoms with Gasteiger partial charge in [-0.3, -0.25) is 4.68 Å². The van der Waals surface area contributed by atoms with E-state index < -0.39 is 0 Å². The maximum atomic E-state index is 13.7. The van der Waals surface area contributed by atoms with Crippen LogP contribution in [0.5, 0.6) is 0 Å². The van der Waals surface area contributed by atoms with Crippen molar-refractivity contribution in [3.05, 3.63) is 48.8 Å². The van der Waals surface area contributed by atoms with Crippen LogP contribution in [0.3, 0.4) is 0 Å². The van der Waals surface area contributed by atoms with Gasteiger partial charge in [0.2, 0.25) is 0 Å². The molecule has 0 spiro atoms. The molecule has 108 valence electrons. The lowest BCUT2D eigenvalue weighted by Crippen LogP contribution is -2.18. The third-order valence-corrected chi connectivity index (χ3v) is 3.29. The summed E-state index contributed by atoms with van der Waals surface area (Å²) in [4.78, 5) is 8.19. The fraction of sp³-hybridized carbons (Fsp3) is 0.267. The van der Waals surface area contributed by atoms with E-state index in [0.717, 1.165) is 13.1 Å². The molecule has 5 nitrogen and oxygen atoms in total. The molecule has 0 saturated carbocycles. The van der Waals surface area contributed by atoms with Crippen molar-refractivity contribution in [2.75, 3.05) is 11.9 Å². The van der Waals surface area contributed by atoms with E-state index in [9.17, 15) is 4.39 Å². The zero-order valence-electron chi connectivity index (χ0n) is 11.7. The fourth-order valence-electron chi connectivity index (χ4n) is 2.26. The van der Waals surface area contributed by atoms with Crippen molar-refractivity contribution in [2.24, 2.45) is 5.92 Å². The molecule has 21 heavy (non-hydrogen) atoms. The Labute approximate surface area is 121 Å². The normalized spacial score (nSPS) is 12.5. The van der Waals surface area contributed by atoms with E-state index in [2.05, 4.69) is 27.3 Å². The van der Waals surface area contributed by atoms with Crippen LogP contribution in [0.2, 0.25) is 0 Å². The second-order valence-electron chi connectivity index (χ2n) is 5.07. The van der Waals surface area contributed by atoms with Crippen molar-refractivity contribution in [3.63, 3.8) is 0 Å². The number of nitrogens with zero attached hydrogens (tertiary/aromatic N) is 4. The second kappa shape index (κ2) is 5.87. The molecule has 0 amide bonds. The minimum Gasteiger partial charge on any atom is -0.369 e. The molecule has 3 aromatic rings. The van der Waals surface area contributed by atoms with Crippen molar-refractivity contribution in [1.82, 2.24) is 19.7 Å². The number of anilines is 1. The van der Waals surface area contributed by atoms with Crippen LogP contribution in [-0.2, 0) is 6.54 Å². The minimum absolute atomic E-state index is 0.331. The van der Waals surface area contributed by atoms with Gasteiger partial charge in [-0.15, -0.1) is 0 Å². The Kier molecular flexibility index (Phi) is 3.77. The smallest absolute Gasteiger partial charge is 0.149 e. The first-order valence-corrected chi connectivity index (χ1v) is 6.84. The largest absolute Gasteiger partial charge is 0.369 e. The van der Waals surface area contributed by atoms with E-state index in [4.69, 9.17) is 0 Å². The van der Waals surface area contributed by atoms with Crippen molar-refractivity contribution >= 4 is 16.7 Å². The lowest BCUT2D eigenvalue weighted by atomic mass is 10.1. The summed E-state index contributed by atoms with van der Waals surface area (Å²) >= 11 is 0. The van der Waals surface area contributed by atoms with Gasteiger partial charge in [-0.05, 0) is 24.1 Å². The van der Waals surface area contributed by atoms with Crippen LogP contribution in [0, 0.1) is 11.7 Å². The highest BCUT2D eigenvalue weighted by molar-refractivity contribution is 5.89. The summed E-state index contributed by atoms with van der Waals surface area (Å²) in [6.45, 7) is 3.67. The number of hydrogen-bond acceptors (Lipinski definition) is 4. The number of para-hydroxylation sites is 1. The molecule has 3 rings (SSSR count). The van der Waals surface area contributed by atoms with Gasteiger partial charge in [0.05, 0.1) is 0 Å². The molecule has 0 aliphatic rings. The van der Waals surface area contributed by atoms with Gasteiger partial charge in [-0.1, -0.05) is 13.0 Å². The number of aromatic nitrogens is 4. The van der Waals surface area contributed by atoms with Crippen LogP contribution >= 0.6 is 0 Å². The van der Waals surface area contributed by atoms with E-state index in [-0.39, 0.29) is 5.82 Å². The molecule has 0 aliphatic heterocycles. The number of benzene rings is 1. The summed E-state index contributed by atoms with van der Waals surface area (Å²) in [5, 5.41) is 8.15. The third-order valence-electron chi connectivity index (χ3n) is 3.29. The molecule has 1 atom stereocenters. The Bertz CT molecular complexity index is 726. The molecule has 2 heterocycles. The predicted molar refractivity (Wildman–Crippen MR) is 79.4 cm³/mol. The molecule has 0 radical (unpaired) electrons. The fourth-order valence-corrected chi connectivity index (χ4v) is 2.26. The molecule has 1 unspecified atom stereocenters. The first-order valence-electron chi connectivity index (χ1n) is 6.84. The van der Waals surface area contributed by atoms with Crippen LogP contribution in [-0.4, -0.2) is 26.3 Å². The first-order chi connectivity index (χ1) is 10.2. The third kappa shape index (κ3) is 2.99. The Morgan fingerprint density at radius 1 is 1.29 bits per heavy atom. The molecule has 1 aromatic carbocycles. The van der Waals surface area contributed by atoms with Gasteiger partial charge in [0, 0.05) is 30.9 Å². The topological polar surface area (TPSA) is 55.6 Å². The van der Waals surface area contributed by atoms with Gasteiger partial charge >= 0.3 is 0 Å². The van der Waals surface area contributed by atoms with Gasteiger partial charge < -0.3 is 5.32 Å². The van der Waals surface area contributed by atoms with E-state index in [1.807, 2.05) is 23.0 Å². The zero-order chi connectivity index (χ0) is 14.7. The highest BCUT2D eigenvalue weighted by Crippen LogP contribution is 2.21. The van der Waals surface area contributed by atoms with Crippen LogP contribution in [0.25, 0.3) is 10.9 Å². The summed E-state index contributed by atoms with van der Waals surface area (Å²) in [7, 11) is 0. The molecular formula is C15H16FN5. The van der Waals surface area contributed by atoms with Gasteiger partial charge in [-0.2, -0.15) is 5.10 Å². The molecule has 1 N–H and O–H groups in total. The minimum atomic E-state index is -0.331. The molecule has 0 bridgehead atoms. The van der Waals surface area contributed by atoms with Crippen LogP contribution < -0.4 is 5.32 Å². The van der Waals surface area contributed by atoms with Crippen molar-refractivity contribution in [1.29, 1.82) is 0 Å². The number of halogens is 1. The number of nitrogens with one attached hydrogen (secondary N) is 1. The maximum Gasteiger partial charge on any atom is 0.149 e. The van der Waals surface area contributed by atoms with Gasteiger partial charge in [0.1, 0.15) is 23.5 Å². The highest BCUT2D eigenvalue weighted by atomic mass is 19.1. The monoisotopic (exact) mass is 285 g/mol. The lowest BCUT2D eigenvalue weighted by Gasteiger charge is -2.14. The predicted octanol–water partition coefficient (Wildman–Crippen LogP) is 2.71. The average Bonchev–Trinajstić information content (AvgIpc) is 2.98. The lowest BCUT2D eigenvalue weighted by molar-refractivity contribution is 0.467.